The Morgan fingerprint density at radius 1 is 1.12 bits per heavy atom. The first-order chi connectivity index (χ1) is 16.1. The Balaban J connectivity index is 1.24. The number of pyridine rings is 1. The largest absolute Gasteiger partial charge is 0.493 e. The van der Waals surface area contributed by atoms with Gasteiger partial charge < -0.3 is 13.9 Å². The SMILES string of the molecule is Cc1ccn2c(CN3CCO[C@@H](c4cc(CCOc5ccccc5)n(C)n4)C3)c(C)nc2c1. The van der Waals surface area contributed by atoms with E-state index in [1.807, 2.05) is 42.1 Å². The first-order valence-electron chi connectivity index (χ1n) is 11.6. The van der Waals surface area contributed by atoms with Crippen molar-refractivity contribution >= 4 is 5.65 Å². The first kappa shape index (κ1) is 21.7. The van der Waals surface area contributed by atoms with Crippen LogP contribution in [0.2, 0.25) is 0 Å². The van der Waals surface area contributed by atoms with Gasteiger partial charge in [0, 0.05) is 45.0 Å². The molecule has 1 atom stereocenters. The van der Waals surface area contributed by atoms with Gasteiger partial charge in [0.2, 0.25) is 0 Å². The third kappa shape index (κ3) is 4.79. The highest BCUT2D eigenvalue weighted by atomic mass is 16.5. The Bertz CT molecular complexity index is 1230. The molecule has 1 saturated heterocycles. The minimum Gasteiger partial charge on any atom is -0.493 e. The first-order valence-corrected chi connectivity index (χ1v) is 11.6. The van der Waals surface area contributed by atoms with Crippen molar-refractivity contribution in [1.29, 1.82) is 0 Å². The summed E-state index contributed by atoms with van der Waals surface area (Å²) in [4.78, 5) is 7.20. The van der Waals surface area contributed by atoms with Gasteiger partial charge in [-0.15, -0.1) is 0 Å². The fourth-order valence-corrected chi connectivity index (χ4v) is 4.45. The average molecular weight is 446 g/mol. The van der Waals surface area contributed by atoms with Crippen LogP contribution in [0, 0.1) is 13.8 Å². The van der Waals surface area contributed by atoms with Crippen LogP contribution < -0.4 is 4.74 Å². The Labute approximate surface area is 194 Å². The van der Waals surface area contributed by atoms with Crippen LogP contribution >= 0.6 is 0 Å². The van der Waals surface area contributed by atoms with E-state index < -0.39 is 0 Å². The van der Waals surface area contributed by atoms with Crippen molar-refractivity contribution in [3.05, 3.63) is 83.1 Å². The van der Waals surface area contributed by atoms with Crippen molar-refractivity contribution in [1.82, 2.24) is 24.1 Å². The molecule has 0 unspecified atom stereocenters. The normalized spacial score (nSPS) is 17.0. The van der Waals surface area contributed by atoms with Crippen LogP contribution in [0.25, 0.3) is 5.65 Å². The van der Waals surface area contributed by atoms with E-state index in [9.17, 15) is 0 Å². The van der Waals surface area contributed by atoms with Crippen LogP contribution in [0.3, 0.4) is 0 Å². The van der Waals surface area contributed by atoms with Gasteiger partial charge in [-0.05, 0) is 49.7 Å². The smallest absolute Gasteiger partial charge is 0.137 e. The Kier molecular flexibility index (Phi) is 6.15. The van der Waals surface area contributed by atoms with Crippen molar-refractivity contribution in [2.45, 2.75) is 32.9 Å². The summed E-state index contributed by atoms with van der Waals surface area (Å²) in [6.07, 6.45) is 2.89. The molecule has 0 bridgehead atoms. The van der Waals surface area contributed by atoms with Crippen LogP contribution in [0.1, 0.15) is 34.4 Å². The maximum absolute atomic E-state index is 6.12. The highest BCUT2D eigenvalue weighted by Gasteiger charge is 2.26. The zero-order valence-corrected chi connectivity index (χ0v) is 19.6. The lowest BCUT2D eigenvalue weighted by molar-refractivity contribution is -0.0356. The van der Waals surface area contributed by atoms with Gasteiger partial charge >= 0.3 is 0 Å². The Morgan fingerprint density at radius 2 is 1.97 bits per heavy atom. The van der Waals surface area contributed by atoms with Crippen LogP contribution in [-0.2, 0) is 24.8 Å². The molecule has 1 aliphatic rings. The zero-order chi connectivity index (χ0) is 22.8. The number of rotatable bonds is 7. The minimum atomic E-state index is -0.0320. The summed E-state index contributed by atoms with van der Waals surface area (Å²) in [5.74, 6) is 0.893. The molecular weight excluding hydrogens is 414 g/mol. The molecule has 0 aliphatic carbocycles. The summed E-state index contributed by atoms with van der Waals surface area (Å²) in [6.45, 7) is 8.08. The van der Waals surface area contributed by atoms with E-state index in [0.717, 1.165) is 54.5 Å². The highest BCUT2D eigenvalue weighted by molar-refractivity contribution is 5.45. The third-order valence-corrected chi connectivity index (χ3v) is 6.30. The van der Waals surface area contributed by atoms with Crippen molar-refractivity contribution < 1.29 is 9.47 Å². The molecule has 5 rings (SSSR count). The van der Waals surface area contributed by atoms with E-state index >= 15 is 0 Å². The summed E-state index contributed by atoms with van der Waals surface area (Å²) in [6, 6.07) is 16.3. The van der Waals surface area contributed by atoms with Crippen molar-refractivity contribution in [3.63, 3.8) is 0 Å². The van der Waals surface area contributed by atoms with E-state index in [0.29, 0.717) is 13.2 Å². The Morgan fingerprint density at radius 3 is 2.82 bits per heavy atom. The maximum Gasteiger partial charge on any atom is 0.137 e. The van der Waals surface area contributed by atoms with Crippen LogP contribution in [0.5, 0.6) is 5.75 Å². The van der Waals surface area contributed by atoms with Crippen LogP contribution in [-0.4, -0.2) is 50.4 Å². The van der Waals surface area contributed by atoms with Gasteiger partial charge in [0.1, 0.15) is 17.5 Å². The molecule has 33 heavy (non-hydrogen) atoms. The number of nitrogens with zero attached hydrogens (tertiary/aromatic N) is 5. The number of morpholine rings is 1. The predicted molar refractivity (Wildman–Crippen MR) is 127 cm³/mol. The lowest BCUT2D eigenvalue weighted by Gasteiger charge is -2.32. The molecule has 3 aromatic heterocycles. The van der Waals surface area contributed by atoms with Gasteiger partial charge in [-0.3, -0.25) is 9.58 Å². The molecule has 7 nitrogen and oxygen atoms in total. The molecule has 0 spiro atoms. The fourth-order valence-electron chi connectivity index (χ4n) is 4.45. The second-order valence-corrected chi connectivity index (χ2v) is 8.77. The third-order valence-electron chi connectivity index (χ3n) is 6.30. The van der Waals surface area contributed by atoms with E-state index in [1.165, 1.54) is 11.3 Å². The summed E-state index contributed by atoms with van der Waals surface area (Å²) < 4.78 is 16.1. The van der Waals surface area contributed by atoms with Crippen molar-refractivity contribution in [2.24, 2.45) is 7.05 Å². The molecule has 1 aliphatic heterocycles. The summed E-state index contributed by atoms with van der Waals surface area (Å²) >= 11 is 0. The molecular formula is C26H31N5O2. The molecule has 0 saturated carbocycles. The Hall–Kier alpha value is -3.16. The molecule has 0 amide bonds. The lowest BCUT2D eigenvalue weighted by atomic mass is 10.1. The van der Waals surface area contributed by atoms with E-state index in [4.69, 9.17) is 19.6 Å². The van der Waals surface area contributed by atoms with E-state index in [-0.39, 0.29) is 6.10 Å². The highest BCUT2D eigenvalue weighted by Crippen LogP contribution is 2.24. The van der Waals surface area contributed by atoms with Gasteiger partial charge in [0.25, 0.3) is 0 Å². The van der Waals surface area contributed by atoms with Crippen molar-refractivity contribution in [3.8, 4) is 5.75 Å². The summed E-state index contributed by atoms with van der Waals surface area (Å²) in [5, 5.41) is 4.76. The zero-order valence-electron chi connectivity index (χ0n) is 19.6. The predicted octanol–water partition coefficient (Wildman–Crippen LogP) is 3.88. The van der Waals surface area contributed by atoms with Gasteiger partial charge in [0.15, 0.2) is 0 Å². The quantitative estimate of drug-likeness (QED) is 0.432. The minimum absolute atomic E-state index is 0.0320. The fraction of sp³-hybridized carbons (Fsp3) is 0.385. The number of hydrogen-bond donors (Lipinski definition) is 0. The van der Waals surface area contributed by atoms with E-state index in [1.54, 1.807) is 0 Å². The number of aryl methyl sites for hydroxylation is 3. The number of ether oxygens (including phenoxy) is 2. The second-order valence-electron chi connectivity index (χ2n) is 8.77. The number of imidazole rings is 1. The molecule has 0 radical (unpaired) electrons. The molecule has 1 fully saturated rings. The number of hydrogen-bond acceptors (Lipinski definition) is 5. The molecule has 4 heterocycles. The summed E-state index contributed by atoms with van der Waals surface area (Å²) in [5.41, 5.74) is 6.70. The number of aromatic nitrogens is 4. The summed E-state index contributed by atoms with van der Waals surface area (Å²) in [7, 11) is 1.99. The van der Waals surface area contributed by atoms with Gasteiger partial charge in [-0.2, -0.15) is 5.10 Å². The number of para-hydroxylation sites is 1. The standard InChI is InChI=1S/C26H31N5O2/c1-19-9-11-31-24(20(2)27-26(31)15-19)17-30-12-14-33-25(18-30)23-16-21(29(3)28-23)10-13-32-22-7-5-4-6-8-22/h4-9,11,15-16,25H,10,12-14,17-18H2,1-3H3/t25-/m1/s1. The maximum atomic E-state index is 6.12. The molecule has 7 heteroatoms. The second kappa shape index (κ2) is 9.37. The molecule has 172 valence electrons. The number of fused-ring (bicyclic) bond motifs is 1. The monoisotopic (exact) mass is 445 g/mol. The van der Waals surface area contributed by atoms with Gasteiger partial charge in [-0.1, -0.05) is 18.2 Å². The lowest BCUT2D eigenvalue weighted by Crippen LogP contribution is -2.38. The topological polar surface area (TPSA) is 56.8 Å². The van der Waals surface area contributed by atoms with Crippen LogP contribution in [0.4, 0.5) is 0 Å². The van der Waals surface area contributed by atoms with Crippen LogP contribution in [0.15, 0.2) is 54.7 Å². The molecule has 4 aromatic rings. The number of benzene rings is 1. The molecule has 1 aromatic carbocycles. The van der Waals surface area contributed by atoms with Crippen molar-refractivity contribution in [2.75, 3.05) is 26.3 Å². The van der Waals surface area contributed by atoms with Gasteiger partial charge in [0.05, 0.1) is 30.3 Å². The molecule has 0 N–H and O–H groups in total. The van der Waals surface area contributed by atoms with Gasteiger partial charge in [-0.25, -0.2) is 4.98 Å². The van der Waals surface area contributed by atoms with E-state index in [2.05, 4.69) is 47.5 Å². The average Bonchev–Trinajstić information content (AvgIpc) is 3.33.